The van der Waals surface area contributed by atoms with E-state index >= 15 is 0 Å². The molecule has 0 aliphatic rings. The summed E-state index contributed by atoms with van der Waals surface area (Å²) in [4.78, 5) is 12.3. The number of esters is 1. The molecule has 0 amide bonds. The molecule has 0 spiro atoms. The fourth-order valence-corrected chi connectivity index (χ4v) is 3.12. The highest BCUT2D eigenvalue weighted by molar-refractivity contribution is 5.70. The maximum absolute atomic E-state index is 12.3. The molecule has 2 aromatic carbocycles. The van der Waals surface area contributed by atoms with Crippen LogP contribution in [0.1, 0.15) is 69.0 Å². The van der Waals surface area contributed by atoms with Crippen molar-refractivity contribution >= 4 is 5.97 Å². The molecule has 1 unspecified atom stereocenters. The molecule has 3 nitrogen and oxygen atoms in total. The summed E-state index contributed by atoms with van der Waals surface area (Å²) in [5, 5.41) is 3.51. The second-order valence-corrected chi connectivity index (χ2v) is 7.02. The van der Waals surface area contributed by atoms with Gasteiger partial charge < -0.3 is 10.1 Å². The van der Waals surface area contributed by atoms with Gasteiger partial charge in [-0.1, -0.05) is 99.7 Å². The monoisotopic (exact) mass is 367 g/mol. The molecule has 0 aliphatic heterocycles. The summed E-state index contributed by atoms with van der Waals surface area (Å²) in [6.07, 6.45) is 7.52. The van der Waals surface area contributed by atoms with E-state index in [0.29, 0.717) is 13.0 Å². The first-order valence-electron chi connectivity index (χ1n) is 10.3. The SMILES string of the molecule is CCCCCCCCOC(=O)CC(NCc1ccccc1)c1ccccc1. The summed E-state index contributed by atoms with van der Waals surface area (Å²) in [7, 11) is 0. The zero-order valence-electron chi connectivity index (χ0n) is 16.5. The molecule has 0 bridgehead atoms. The van der Waals surface area contributed by atoms with E-state index < -0.39 is 0 Å². The Morgan fingerprint density at radius 3 is 2.22 bits per heavy atom. The van der Waals surface area contributed by atoms with E-state index in [0.717, 1.165) is 24.9 Å². The van der Waals surface area contributed by atoms with Gasteiger partial charge in [-0.2, -0.15) is 0 Å². The van der Waals surface area contributed by atoms with Crippen molar-refractivity contribution in [1.29, 1.82) is 0 Å². The zero-order chi connectivity index (χ0) is 19.2. The average Bonchev–Trinajstić information content (AvgIpc) is 2.72. The Kier molecular flexibility index (Phi) is 10.3. The van der Waals surface area contributed by atoms with E-state index in [4.69, 9.17) is 4.74 Å². The van der Waals surface area contributed by atoms with Crippen molar-refractivity contribution in [2.75, 3.05) is 6.61 Å². The minimum atomic E-state index is -0.127. The van der Waals surface area contributed by atoms with Crippen molar-refractivity contribution < 1.29 is 9.53 Å². The molecule has 0 radical (unpaired) electrons. The van der Waals surface area contributed by atoms with E-state index in [2.05, 4.69) is 36.5 Å². The lowest BCUT2D eigenvalue weighted by molar-refractivity contribution is -0.144. The molecule has 146 valence electrons. The second-order valence-electron chi connectivity index (χ2n) is 7.02. The maximum atomic E-state index is 12.3. The smallest absolute Gasteiger partial charge is 0.307 e. The summed E-state index contributed by atoms with van der Waals surface area (Å²) >= 11 is 0. The molecule has 2 aromatic rings. The number of ether oxygens (including phenoxy) is 1. The Hall–Kier alpha value is -2.13. The van der Waals surface area contributed by atoms with Crippen LogP contribution in [0.5, 0.6) is 0 Å². The Morgan fingerprint density at radius 2 is 1.52 bits per heavy atom. The molecule has 2 rings (SSSR count). The van der Waals surface area contributed by atoms with Crippen molar-refractivity contribution in [3.63, 3.8) is 0 Å². The Bertz CT molecular complexity index is 627. The molecule has 0 saturated heterocycles. The first-order chi connectivity index (χ1) is 13.3. The Labute approximate surface area is 164 Å². The number of carbonyl (C=O) groups is 1. The highest BCUT2D eigenvalue weighted by Gasteiger charge is 2.16. The largest absolute Gasteiger partial charge is 0.466 e. The summed E-state index contributed by atoms with van der Waals surface area (Å²) in [5.41, 5.74) is 2.32. The number of rotatable bonds is 13. The molecule has 1 atom stereocenters. The number of unbranched alkanes of at least 4 members (excludes halogenated alkanes) is 5. The van der Waals surface area contributed by atoms with Crippen LogP contribution in [-0.2, 0) is 16.1 Å². The molecule has 0 aromatic heterocycles. The van der Waals surface area contributed by atoms with Gasteiger partial charge in [0, 0.05) is 12.6 Å². The van der Waals surface area contributed by atoms with E-state index in [-0.39, 0.29) is 12.0 Å². The van der Waals surface area contributed by atoms with Gasteiger partial charge in [-0.15, -0.1) is 0 Å². The van der Waals surface area contributed by atoms with Crippen molar-refractivity contribution in [3.05, 3.63) is 71.8 Å². The third-order valence-corrected chi connectivity index (χ3v) is 4.73. The first-order valence-corrected chi connectivity index (χ1v) is 10.3. The number of hydrogen-bond donors (Lipinski definition) is 1. The molecule has 1 N–H and O–H groups in total. The number of benzene rings is 2. The van der Waals surface area contributed by atoms with Crippen LogP contribution in [0.2, 0.25) is 0 Å². The van der Waals surface area contributed by atoms with Crippen LogP contribution in [0.15, 0.2) is 60.7 Å². The van der Waals surface area contributed by atoms with Crippen molar-refractivity contribution in [1.82, 2.24) is 5.32 Å². The normalized spacial score (nSPS) is 11.9. The number of carbonyl (C=O) groups excluding carboxylic acids is 1. The first kappa shape index (κ1) is 21.2. The summed E-state index contributed by atoms with van der Waals surface area (Å²) in [6.45, 7) is 3.48. The predicted octanol–water partition coefficient (Wildman–Crippen LogP) is 5.81. The van der Waals surface area contributed by atoms with E-state index in [1.165, 1.54) is 31.2 Å². The summed E-state index contributed by atoms with van der Waals surface area (Å²) in [6, 6.07) is 20.3. The lowest BCUT2D eigenvalue weighted by Gasteiger charge is -2.19. The van der Waals surface area contributed by atoms with Crippen molar-refractivity contribution in [2.24, 2.45) is 0 Å². The van der Waals surface area contributed by atoms with Gasteiger partial charge in [-0.3, -0.25) is 4.79 Å². The van der Waals surface area contributed by atoms with Crippen LogP contribution in [0, 0.1) is 0 Å². The van der Waals surface area contributed by atoms with Crippen LogP contribution in [-0.4, -0.2) is 12.6 Å². The van der Waals surface area contributed by atoms with E-state index in [1.807, 2.05) is 36.4 Å². The van der Waals surface area contributed by atoms with Crippen LogP contribution < -0.4 is 5.32 Å². The van der Waals surface area contributed by atoms with Gasteiger partial charge in [0.25, 0.3) is 0 Å². The standard InChI is InChI=1S/C24H33NO2/c1-2-3-4-5-6-13-18-27-24(26)19-23(22-16-11-8-12-17-22)25-20-21-14-9-7-10-15-21/h7-12,14-17,23,25H,2-6,13,18-20H2,1H3. The van der Waals surface area contributed by atoms with Crippen LogP contribution in [0.3, 0.4) is 0 Å². The molecule has 0 fully saturated rings. The zero-order valence-corrected chi connectivity index (χ0v) is 16.5. The minimum Gasteiger partial charge on any atom is -0.466 e. The van der Waals surface area contributed by atoms with Gasteiger partial charge in [0.15, 0.2) is 0 Å². The topological polar surface area (TPSA) is 38.3 Å². The lowest BCUT2D eigenvalue weighted by Crippen LogP contribution is -2.24. The Morgan fingerprint density at radius 1 is 0.889 bits per heavy atom. The fraction of sp³-hybridized carbons (Fsp3) is 0.458. The number of hydrogen-bond acceptors (Lipinski definition) is 3. The maximum Gasteiger partial charge on any atom is 0.307 e. The van der Waals surface area contributed by atoms with Gasteiger partial charge in [0.2, 0.25) is 0 Å². The predicted molar refractivity (Wildman–Crippen MR) is 111 cm³/mol. The van der Waals surface area contributed by atoms with Crippen LogP contribution >= 0.6 is 0 Å². The highest BCUT2D eigenvalue weighted by atomic mass is 16.5. The van der Waals surface area contributed by atoms with Crippen LogP contribution in [0.25, 0.3) is 0 Å². The molecular weight excluding hydrogens is 334 g/mol. The molecule has 0 heterocycles. The molecular formula is C24H33NO2. The summed E-state index contributed by atoms with van der Waals surface area (Å²) in [5.74, 6) is -0.127. The average molecular weight is 368 g/mol. The molecule has 3 heteroatoms. The molecule has 27 heavy (non-hydrogen) atoms. The van der Waals surface area contributed by atoms with Crippen LogP contribution in [0.4, 0.5) is 0 Å². The van der Waals surface area contributed by atoms with Crippen molar-refractivity contribution in [2.45, 2.75) is 64.5 Å². The van der Waals surface area contributed by atoms with E-state index in [1.54, 1.807) is 0 Å². The van der Waals surface area contributed by atoms with Gasteiger partial charge in [0.05, 0.1) is 13.0 Å². The van der Waals surface area contributed by atoms with Crippen molar-refractivity contribution in [3.8, 4) is 0 Å². The second kappa shape index (κ2) is 13.1. The lowest BCUT2D eigenvalue weighted by atomic mass is 10.0. The quantitative estimate of drug-likeness (QED) is 0.358. The van der Waals surface area contributed by atoms with E-state index in [9.17, 15) is 4.79 Å². The number of nitrogens with one attached hydrogen (secondary N) is 1. The third-order valence-electron chi connectivity index (χ3n) is 4.73. The van der Waals surface area contributed by atoms with Gasteiger partial charge >= 0.3 is 5.97 Å². The van der Waals surface area contributed by atoms with Gasteiger partial charge in [-0.25, -0.2) is 0 Å². The minimum absolute atomic E-state index is 0.0385. The summed E-state index contributed by atoms with van der Waals surface area (Å²) < 4.78 is 5.47. The highest BCUT2D eigenvalue weighted by Crippen LogP contribution is 2.18. The van der Waals surface area contributed by atoms with Gasteiger partial charge in [-0.05, 0) is 17.5 Å². The van der Waals surface area contributed by atoms with Gasteiger partial charge in [0.1, 0.15) is 0 Å². The fourth-order valence-electron chi connectivity index (χ4n) is 3.12. The molecule has 0 aliphatic carbocycles. The molecule has 0 saturated carbocycles. The Balaban J connectivity index is 1.78. The third kappa shape index (κ3) is 8.87.